The van der Waals surface area contributed by atoms with Gasteiger partial charge in [0.15, 0.2) is 0 Å². The van der Waals surface area contributed by atoms with E-state index in [1.807, 2.05) is 91.9 Å². The number of hydrogen-bond acceptors (Lipinski definition) is 1. The van der Waals surface area contributed by atoms with Crippen LogP contribution in [0, 0.1) is 0 Å². The molecule has 47 heavy (non-hydrogen) atoms. The van der Waals surface area contributed by atoms with Crippen LogP contribution in [-0.4, -0.2) is 9.55 Å². The second-order valence-electron chi connectivity index (χ2n) is 11.9. The van der Waals surface area contributed by atoms with Gasteiger partial charge in [0.05, 0.1) is 22.0 Å². The lowest BCUT2D eigenvalue weighted by atomic mass is 9.84. The van der Waals surface area contributed by atoms with Crippen LogP contribution in [0.15, 0.2) is 151 Å². The Morgan fingerprint density at radius 1 is 0.532 bits per heavy atom. The van der Waals surface area contributed by atoms with E-state index in [-0.39, 0.29) is 45.7 Å². The van der Waals surface area contributed by atoms with E-state index in [1.165, 1.54) is 0 Å². The lowest BCUT2D eigenvalue weighted by molar-refractivity contribution is 0.908. The first-order valence-electron chi connectivity index (χ1n) is 19.8. The second-order valence-corrected chi connectivity index (χ2v) is 11.9. The van der Waals surface area contributed by atoms with Crippen molar-refractivity contribution in [2.45, 2.75) is 13.3 Å². The highest BCUT2D eigenvalue weighted by atomic mass is 15.1. The van der Waals surface area contributed by atoms with Crippen LogP contribution in [0.3, 0.4) is 0 Å². The molecule has 1 aromatic heterocycles. The van der Waals surface area contributed by atoms with Gasteiger partial charge >= 0.3 is 0 Å². The topological polar surface area (TPSA) is 17.8 Å². The molecule has 0 aliphatic heterocycles. The van der Waals surface area contributed by atoms with Crippen molar-refractivity contribution in [1.82, 2.24) is 9.55 Å². The molecule has 8 aromatic carbocycles. The Labute approximate surface area is 284 Å². The van der Waals surface area contributed by atoms with Crippen LogP contribution >= 0.6 is 0 Å². The minimum atomic E-state index is -0.421. The minimum Gasteiger partial charge on any atom is -0.296 e. The molecule has 1 aliphatic rings. The largest absolute Gasteiger partial charge is 0.296 e. The molecule has 220 valence electrons. The summed E-state index contributed by atoms with van der Waals surface area (Å²) in [6.45, 7) is 2.05. The number of hydrogen-bond donors (Lipinski definition) is 0. The Hall–Kier alpha value is -5.99. The van der Waals surface area contributed by atoms with Gasteiger partial charge < -0.3 is 0 Å². The summed E-state index contributed by atoms with van der Waals surface area (Å²) in [7, 11) is 0. The standard InChI is InChI=1S/C45H30N2/c1-2-42-46-40-20-9-10-21-41(40)47(42)29-24-22-28(23-25-29)43-33-14-5-7-16-35(33)45(36-17-8-6-15-34(36)43)39-27-26-38-31-13-4-3-12-30(31)32-18-11-19-37(39)44(32)38/h3-27H,2H2,1H3/i5D,6D,7D,8D,14D,15D,16D,17D. The lowest BCUT2D eigenvalue weighted by Crippen LogP contribution is -2.00. The Morgan fingerprint density at radius 3 is 1.79 bits per heavy atom. The van der Waals surface area contributed by atoms with Gasteiger partial charge in [-0.25, -0.2) is 4.98 Å². The second kappa shape index (κ2) is 10.0. The van der Waals surface area contributed by atoms with Crippen LogP contribution in [0.5, 0.6) is 0 Å². The number of aromatic nitrogens is 2. The molecule has 2 heteroatoms. The van der Waals surface area contributed by atoms with Crippen molar-refractivity contribution < 1.29 is 11.0 Å². The molecule has 2 nitrogen and oxygen atoms in total. The number of para-hydroxylation sites is 2. The summed E-state index contributed by atoms with van der Waals surface area (Å²) in [5, 5.41) is 2.60. The number of benzene rings is 8. The molecule has 0 bridgehead atoms. The number of fused-ring (bicyclic) bond motifs is 6. The van der Waals surface area contributed by atoms with Gasteiger partial charge in [-0.05, 0) is 101 Å². The van der Waals surface area contributed by atoms with Crippen molar-refractivity contribution in [3.05, 3.63) is 157 Å². The number of imidazole rings is 1. The first-order chi connectivity index (χ1) is 26.6. The lowest BCUT2D eigenvalue weighted by Gasteiger charge is -2.19. The average molecular weight is 607 g/mol. The molecule has 0 unspecified atom stereocenters. The third-order valence-corrected chi connectivity index (χ3v) is 9.55. The van der Waals surface area contributed by atoms with Gasteiger partial charge in [0.1, 0.15) is 5.82 Å². The number of rotatable bonds is 4. The third kappa shape index (κ3) is 3.70. The van der Waals surface area contributed by atoms with Crippen molar-refractivity contribution >= 4 is 43.4 Å². The van der Waals surface area contributed by atoms with E-state index in [1.54, 1.807) is 0 Å². The van der Waals surface area contributed by atoms with E-state index in [0.29, 0.717) is 28.7 Å². The van der Waals surface area contributed by atoms with E-state index in [0.717, 1.165) is 55.6 Å². The van der Waals surface area contributed by atoms with Crippen LogP contribution in [0.1, 0.15) is 23.7 Å². The normalized spacial score (nSPS) is 14.4. The summed E-state index contributed by atoms with van der Waals surface area (Å²) in [6.07, 6.45) is 0.697. The monoisotopic (exact) mass is 606 g/mol. The molecule has 0 fully saturated rings. The molecular formula is C45H30N2. The summed E-state index contributed by atoms with van der Waals surface area (Å²) in [6, 6.07) is 30.8. The first-order valence-corrected chi connectivity index (χ1v) is 15.8. The highest BCUT2D eigenvalue weighted by Crippen LogP contribution is 2.51. The van der Waals surface area contributed by atoms with Crippen LogP contribution in [-0.2, 0) is 6.42 Å². The van der Waals surface area contributed by atoms with Crippen molar-refractivity contribution in [2.24, 2.45) is 0 Å². The fourth-order valence-corrected chi connectivity index (χ4v) is 7.59. The molecule has 0 saturated heterocycles. The molecule has 0 atom stereocenters. The first kappa shape index (κ1) is 19.5. The highest BCUT2D eigenvalue weighted by molar-refractivity contribution is 6.26. The molecule has 1 heterocycles. The van der Waals surface area contributed by atoms with Gasteiger partial charge in [-0.15, -0.1) is 0 Å². The van der Waals surface area contributed by atoms with E-state index in [2.05, 4.69) is 22.8 Å². The summed E-state index contributed by atoms with van der Waals surface area (Å²) in [5.41, 5.74) is 8.77. The Balaban J connectivity index is 1.36. The molecule has 10 rings (SSSR count). The van der Waals surface area contributed by atoms with E-state index in [4.69, 9.17) is 10.5 Å². The van der Waals surface area contributed by atoms with Gasteiger partial charge in [0.2, 0.25) is 0 Å². The number of nitrogens with zero attached hydrogens (tertiary/aromatic N) is 2. The Bertz CT molecular complexity index is 3060. The maximum Gasteiger partial charge on any atom is 0.114 e. The van der Waals surface area contributed by atoms with Gasteiger partial charge in [0.25, 0.3) is 0 Å². The Morgan fingerprint density at radius 2 is 1.11 bits per heavy atom. The molecular weight excluding hydrogens is 569 g/mol. The molecule has 1 aliphatic carbocycles. The van der Waals surface area contributed by atoms with E-state index < -0.39 is 24.2 Å². The quantitative estimate of drug-likeness (QED) is 0.182. The summed E-state index contributed by atoms with van der Waals surface area (Å²) < 4.78 is 75.2. The minimum absolute atomic E-state index is 0.195. The van der Waals surface area contributed by atoms with Crippen LogP contribution < -0.4 is 0 Å². The molecule has 0 amide bonds. The van der Waals surface area contributed by atoms with E-state index in [9.17, 15) is 5.48 Å². The van der Waals surface area contributed by atoms with Crippen molar-refractivity contribution in [1.29, 1.82) is 0 Å². The summed E-state index contributed by atoms with van der Waals surface area (Å²) in [5.74, 6) is 0.880. The number of aryl methyl sites for hydroxylation is 1. The molecule has 9 aromatic rings. The predicted octanol–water partition coefficient (Wildman–Crippen LogP) is 12.0. The van der Waals surface area contributed by atoms with Gasteiger partial charge in [-0.3, -0.25) is 4.57 Å². The zero-order valence-corrected chi connectivity index (χ0v) is 25.4. The van der Waals surface area contributed by atoms with Crippen LogP contribution in [0.25, 0.3) is 93.5 Å². The van der Waals surface area contributed by atoms with Crippen molar-refractivity contribution in [2.75, 3.05) is 0 Å². The fraction of sp³-hybridized carbons (Fsp3) is 0.0444. The van der Waals surface area contributed by atoms with E-state index >= 15 is 0 Å². The fourth-order valence-electron chi connectivity index (χ4n) is 7.59. The SMILES string of the molecule is [2H]c1c([2H])c([2H])c2c(-c3ccc4c5c(cccc35)-c3ccccc3-4)c3c([2H])c([2H])c([2H])c([2H])c3c(-c3ccc(-n4c(CC)nc5ccccc54)cc3)c2c1[2H]. The molecule has 0 radical (unpaired) electrons. The maximum absolute atomic E-state index is 9.44. The van der Waals surface area contributed by atoms with Gasteiger partial charge in [0, 0.05) is 12.1 Å². The molecule has 0 spiro atoms. The molecule has 0 saturated carbocycles. The maximum atomic E-state index is 9.44. The van der Waals surface area contributed by atoms with Crippen molar-refractivity contribution in [3.8, 4) is 50.2 Å². The third-order valence-electron chi connectivity index (χ3n) is 9.55. The zero-order valence-electron chi connectivity index (χ0n) is 33.4. The van der Waals surface area contributed by atoms with Crippen LogP contribution in [0.2, 0.25) is 0 Å². The molecule has 0 N–H and O–H groups in total. The predicted molar refractivity (Wildman–Crippen MR) is 198 cm³/mol. The van der Waals surface area contributed by atoms with Crippen molar-refractivity contribution in [3.63, 3.8) is 0 Å². The highest BCUT2D eigenvalue weighted by Gasteiger charge is 2.24. The Kier molecular flexibility index (Phi) is 4.15. The zero-order chi connectivity index (χ0) is 38.0. The average Bonchev–Trinajstić information content (AvgIpc) is 3.76. The smallest absolute Gasteiger partial charge is 0.114 e. The van der Waals surface area contributed by atoms with Crippen LogP contribution in [0.4, 0.5) is 0 Å². The summed E-state index contributed by atoms with van der Waals surface area (Å²) in [4.78, 5) is 4.83. The van der Waals surface area contributed by atoms with Gasteiger partial charge in [-0.1, -0.05) is 134 Å². The van der Waals surface area contributed by atoms with Gasteiger partial charge in [-0.2, -0.15) is 0 Å². The summed E-state index contributed by atoms with van der Waals surface area (Å²) >= 11 is 0.